The molecule has 0 bridgehead atoms. The monoisotopic (exact) mass is 232 g/mol. The van der Waals surface area contributed by atoms with E-state index in [2.05, 4.69) is 16.9 Å². The van der Waals surface area contributed by atoms with Gasteiger partial charge in [-0.15, -0.1) is 0 Å². The van der Waals surface area contributed by atoms with Gasteiger partial charge in [0.1, 0.15) is 5.76 Å². The van der Waals surface area contributed by atoms with Crippen molar-refractivity contribution in [3.05, 3.63) is 42.1 Å². The quantitative estimate of drug-likeness (QED) is 0.847. The molecule has 5 nitrogen and oxygen atoms in total. The molecule has 0 aromatic carbocycles. The fourth-order valence-electron chi connectivity index (χ4n) is 1.53. The predicted octanol–water partition coefficient (Wildman–Crippen LogP) is 1.55. The molecule has 0 unspecified atom stereocenters. The van der Waals surface area contributed by atoms with Gasteiger partial charge in [-0.1, -0.05) is 0 Å². The van der Waals surface area contributed by atoms with Crippen LogP contribution in [0.4, 0.5) is 5.95 Å². The van der Waals surface area contributed by atoms with Gasteiger partial charge >= 0.3 is 0 Å². The highest BCUT2D eigenvalue weighted by Crippen LogP contribution is 2.12. The Labute approximate surface area is 100 Å². The summed E-state index contributed by atoms with van der Waals surface area (Å²) in [4.78, 5) is 10.6. The standard InChI is InChI=1S/C12H16N4O/c1-2-16(9-11-4-3-5-17-11)12-14-7-10(6-13)8-15-12/h3-5,7-8H,2,6,9,13H2,1H3. The summed E-state index contributed by atoms with van der Waals surface area (Å²) in [6.07, 6.45) is 5.18. The lowest BCUT2D eigenvalue weighted by molar-refractivity contribution is 0.502. The number of nitrogens with zero attached hydrogens (tertiary/aromatic N) is 3. The summed E-state index contributed by atoms with van der Waals surface area (Å²) in [5, 5.41) is 0. The highest BCUT2D eigenvalue weighted by atomic mass is 16.3. The van der Waals surface area contributed by atoms with Crippen molar-refractivity contribution < 1.29 is 4.42 Å². The van der Waals surface area contributed by atoms with Crippen LogP contribution in [0.3, 0.4) is 0 Å². The van der Waals surface area contributed by atoms with Gasteiger partial charge in [0, 0.05) is 31.0 Å². The Bertz CT molecular complexity index is 438. The molecule has 0 fully saturated rings. The third-order valence-corrected chi connectivity index (χ3v) is 2.52. The van der Waals surface area contributed by atoms with E-state index in [9.17, 15) is 0 Å². The zero-order chi connectivity index (χ0) is 12.1. The average molecular weight is 232 g/mol. The molecular formula is C12H16N4O. The molecule has 0 atom stereocenters. The van der Waals surface area contributed by atoms with Gasteiger partial charge in [-0.25, -0.2) is 9.97 Å². The summed E-state index contributed by atoms with van der Waals surface area (Å²) >= 11 is 0. The van der Waals surface area contributed by atoms with Crippen molar-refractivity contribution >= 4 is 5.95 Å². The van der Waals surface area contributed by atoms with Gasteiger partial charge in [0.05, 0.1) is 12.8 Å². The number of aromatic nitrogens is 2. The maximum Gasteiger partial charge on any atom is 0.225 e. The van der Waals surface area contributed by atoms with Crippen LogP contribution in [-0.4, -0.2) is 16.5 Å². The van der Waals surface area contributed by atoms with E-state index < -0.39 is 0 Å². The molecule has 0 radical (unpaired) electrons. The summed E-state index contributed by atoms with van der Waals surface area (Å²) in [5.41, 5.74) is 6.44. The van der Waals surface area contributed by atoms with Gasteiger partial charge in [-0.2, -0.15) is 0 Å². The lowest BCUT2D eigenvalue weighted by atomic mass is 10.3. The zero-order valence-electron chi connectivity index (χ0n) is 9.84. The molecule has 0 aliphatic carbocycles. The number of rotatable bonds is 5. The van der Waals surface area contributed by atoms with E-state index in [0.29, 0.717) is 19.0 Å². The molecule has 2 N–H and O–H groups in total. The molecule has 2 aromatic heterocycles. The molecule has 0 amide bonds. The normalized spacial score (nSPS) is 10.5. The number of anilines is 1. The SMILES string of the molecule is CCN(Cc1ccco1)c1ncc(CN)cn1. The third-order valence-electron chi connectivity index (χ3n) is 2.52. The Kier molecular flexibility index (Phi) is 3.72. The first-order valence-corrected chi connectivity index (χ1v) is 5.61. The van der Waals surface area contributed by atoms with Crippen molar-refractivity contribution in [1.82, 2.24) is 9.97 Å². The molecule has 0 saturated heterocycles. The molecule has 0 aliphatic rings. The minimum atomic E-state index is 0.463. The Balaban J connectivity index is 2.11. The highest BCUT2D eigenvalue weighted by molar-refractivity contribution is 5.30. The minimum Gasteiger partial charge on any atom is -0.467 e. The van der Waals surface area contributed by atoms with Crippen molar-refractivity contribution in [1.29, 1.82) is 0 Å². The van der Waals surface area contributed by atoms with Crippen LogP contribution < -0.4 is 10.6 Å². The van der Waals surface area contributed by atoms with Crippen molar-refractivity contribution in [2.45, 2.75) is 20.0 Å². The minimum absolute atomic E-state index is 0.463. The largest absolute Gasteiger partial charge is 0.467 e. The van der Waals surface area contributed by atoms with Crippen LogP contribution in [-0.2, 0) is 13.1 Å². The first kappa shape index (κ1) is 11.6. The molecule has 0 spiro atoms. The van der Waals surface area contributed by atoms with Gasteiger partial charge in [0.2, 0.25) is 5.95 Å². The maximum absolute atomic E-state index is 5.51. The van der Waals surface area contributed by atoms with Crippen LogP contribution in [0.2, 0.25) is 0 Å². The third kappa shape index (κ3) is 2.82. The van der Waals surface area contributed by atoms with E-state index in [1.165, 1.54) is 0 Å². The molecule has 90 valence electrons. The summed E-state index contributed by atoms with van der Waals surface area (Å²) in [7, 11) is 0. The topological polar surface area (TPSA) is 68.2 Å². The van der Waals surface area contributed by atoms with E-state index in [1.54, 1.807) is 18.7 Å². The number of nitrogens with two attached hydrogens (primary N) is 1. The first-order chi connectivity index (χ1) is 8.33. The van der Waals surface area contributed by atoms with Crippen LogP contribution >= 0.6 is 0 Å². The maximum atomic E-state index is 5.51. The Morgan fingerprint density at radius 3 is 2.65 bits per heavy atom. The van der Waals surface area contributed by atoms with E-state index in [1.807, 2.05) is 17.0 Å². The number of hydrogen-bond acceptors (Lipinski definition) is 5. The predicted molar refractivity (Wildman–Crippen MR) is 65.4 cm³/mol. The Hall–Kier alpha value is -1.88. The summed E-state index contributed by atoms with van der Waals surface area (Å²) in [6, 6.07) is 3.82. The van der Waals surface area contributed by atoms with E-state index >= 15 is 0 Å². The van der Waals surface area contributed by atoms with Crippen LogP contribution in [0.5, 0.6) is 0 Å². The lowest BCUT2D eigenvalue weighted by Gasteiger charge is -2.19. The number of hydrogen-bond donors (Lipinski definition) is 1. The van der Waals surface area contributed by atoms with E-state index in [0.717, 1.165) is 17.9 Å². The van der Waals surface area contributed by atoms with Gasteiger partial charge in [0.25, 0.3) is 0 Å². The molecular weight excluding hydrogens is 216 g/mol. The fourth-order valence-corrected chi connectivity index (χ4v) is 1.53. The summed E-state index contributed by atoms with van der Waals surface area (Å²) in [6.45, 7) is 4.02. The Morgan fingerprint density at radius 1 is 1.35 bits per heavy atom. The van der Waals surface area contributed by atoms with Crippen molar-refractivity contribution in [3.63, 3.8) is 0 Å². The molecule has 5 heteroatoms. The van der Waals surface area contributed by atoms with Crippen molar-refractivity contribution in [2.75, 3.05) is 11.4 Å². The Morgan fingerprint density at radius 2 is 2.12 bits per heavy atom. The molecule has 2 heterocycles. The van der Waals surface area contributed by atoms with Gasteiger partial charge in [-0.05, 0) is 19.1 Å². The zero-order valence-corrected chi connectivity index (χ0v) is 9.84. The second-order valence-electron chi connectivity index (χ2n) is 3.69. The summed E-state index contributed by atoms with van der Waals surface area (Å²) < 4.78 is 5.31. The van der Waals surface area contributed by atoms with Crippen LogP contribution in [0, 0.1) is 0 Å². The average Bonchev–Trinajstić information content (AvgIpc) is 2.89. The second-order valence-corrected chi connectivity index (χ2v) is 3.69. The molecule has 0 saturated carbocycles. The number of furan rings is 1. The van der Waals surface area contributed by atoms with Gasteiger partial charge < -0.3 is 15.1 Å². The summed E-state index contributed by atoms with van der Waals surface area (Å²) in [5.74, 6) is 1.60. The van der Waals surface area contributed by atoms with Crippen molar-refractivity contribution in [2.24, 2.45) is 5.73 Å². The molecule has 0 aliphatic heterocycles. The molecule has 2 rings (SSSR count). The van der Waals surface area contributed by atoms with Crippen molar-refractivity contribution in [3.8, 4) is 0 Å². The lowest BCUT2D eigenvalue weighted by Crippen LogP contribution is -2.24. The molecule has 2 aromatic rings. The smallest absolute Gasteiger partial charge is 0.225 e. The van der Waals surface area contributed by atoms with E-state index in [4.69, 9.17) is 10.2 Å². The van der Waals surface area contributed by atoms with Gasteiger partial charge in [-0.3, -0.25) is 0 Å². The van der Waals surface area contributed by atoms with Crippen LogP contribution in [0.15, 0.2) is 35.2 Å². The van der Waals surface area contributed by atoms with E-state index in [-0.39, 0.29) is 0 Å². The van der Waals surface area contributed by atoms with Crippen LogP contribution in [0.25, 0.3) is 0 Å². The molecule has 17 heavy (non-hydrogen) atoms. The fraction of sp³-hybridized carbons (Fsp3) is 0.333. The first-order valence-electron chi connectivity index (χ1n) is 5.61. The highest BCUT2D eigenvalue weighted by Gasteiger charge is 2.09. The second kappa shape index (κ2) is 5.45. The van der Waals surface area contributed by atoms with Crippen LogP contribution in [0.1, 0.15) is 18.2 Å². The van der Waals surface area contributed by atoms with Gasteiger partial charge in [0.15, 0.2) is 0 Å².